The van der Waals surface area contributed by atoms with E-state index in [1.165, 1.54) is 25.0 Å². The van der Waals surface area contributed by atoms with E-state index in [0.717, 1.165) is 59.4 Å². The van der Waals surface area contributed by atoms with Gasteiger partial charge in [-0.05, 0) is 67.9 Å². The number of H-pyrrole nitrogens is 1. The van der Waals surface area contributed by atoms with Gasteiger partial charge in [-0.3, -0.25) is 4.79 Å². The van der Waals surface area contributed by atoms with E-state index in [1.54, 1.807) is 0 Å². The second-order valence-corrected chi connectivity index (χ2v) is 9.19. The Bertz CT molecular complexity index is 1140. The maximum atomic E-state index is 13.1. The van der Waals surface area contributed by atoms with Gasteiger partial charge in [0.1, 0.15) is 11.4 Å². The SMILES string of the molecule is O=C(C1Cc2cc(Cl)cc(-c3ccnc4[nH]c(C5CC5)cc34)c2O1)N1CCCCC1. The molecule has 1 unspecified atom stereocenters. The van der Waals surface area contributed by atoms with Crippen molar-refractivity contribution in [2.75, 3.05) is 13.1 Å². The zero-order chi connectivity index (χ0) is 20.2. The number of nitrogens with one attached hydrogen (secondary N) is 1. The van der Waals surface area contributed by atoms with Gasteiger partial charge >= 0.3 is 0 Å². The third kappa shape index (κ3) is 3.07. The lowest BCUT2D eigenvalue weighted by Crippen LogP contribution is -2.43. The van der Waals surface area contributed by atoms with Gasteiger partial charge in [0.2, 0.25) is 0 Å². The number of nitrogens with zero attached hydrogens (tertiary/aromatic N) is 2. The second-order valence-electron chi connectivity index (χ2n) is 8.76. The normalized spacial score (nSPS) is 21.0. The van der Waals surface area contributed by atoms with E-state index in [-0.39, 0.29) is 5.91 Å². The number of carbonyl (C=O) groups excluding carboxylic acids is 1. The topological polar surface area (TPSA) is 58.2 Å². The Kier molecular flexibility index (Phi) is 4.27. The fourth-order valence-electron chi connectivity index (χ4n) is 4.88. The van der Waals surface area contributed by atoms with Gasteiger partial charge in [0.15, 0.2) is 6.10 Å². The molecule has 1 atom stereocenters. The molecule has 3 aromatic rings. The summed E-state index contributed by atoms with van der Waals surface area (Å²) in [6.45, 7) is 1.67. The van der Waals surface area contributed by atoms with Gasteiger partial charge in [-0.1, -0.05) is 11.6 Å². The lowest BCUT2D eigenvalue weighted by atomic mass is 9.99. The number of ether oxygens (including phenoxy) is 1. The van der Waals surface area contributed by atoms with E-state index in [0.29, 0.717) is 17.4 Å². The third-order valence-electron chi connectivity index (χ3n) is 6.60. The molecule has 1 aromatic carbocycles. The number of aromatic nitrogens is 2. The zero-order valence-corrected chi connectivity index (χ0v) is 17.5. The first-order valence-corrected chi connectivity index (χ1v) is 11.3. The minimum absolute atomic E-state index is 0.102. The lowest BCUT2D eigenvalue weighted by Gasteiger charge is -2.28. The Hall–Kier alpha value is -2.53. The number of piperidine rings is 1. The van der Waals surface area contributed by atoms with Crippen molar-refractivity contribution in [3.63, 3.8) is 0 Å². The van der Waals surface area contributed by atoms with Crippen LogP contribution in [0.4, 0.5) is 0 Å². The summed E-state index contributed by atoms with van der Waals surface area (Å²) in [5.41, 5.74) is 5.15. The van der Waals surface area contributed by atoms with Crippen molar-refractivity contribution in [1.82, 2.24) is 14.9 Å². The molecule has 5 nitrogen and oxygen atoms in total. The van der Waals surface area contributed by atoms with Crippen LogP contribution in [0.15, 0.2) is 30.5 Å². The number of likely N-dealkylation sites (tertiary alicyclic amines) is 1. The number of hydrogen-bond acceptors (Lipinski definition) is 3. The molecular weight excluding hydrogens is 398 g/mol. The molecule has 1 saturated carbocycles. The Balaban J connectivity index is 1.39. The Morgan fingerprint density at radius 3 is 2.77 bits per heavy atom. The van der Waals surface area contributed by atoms with Crippen LogP contribution in [0.3, 0.4) is 0 Å². The molecule has 30 heavy (non-hydrogen) atoms. The molecule has 4 heterocycles. The van der Waals surface area contributed by atoms with E-state index >= 15 is 0 Å². The highest BCUT2D eigenvalue weighted by Crippen LogP contribution is 2.45. The standard InChI is InChI=1S/C24H24ClN3O2/c25-16-10-15-11-21(24(29)28-8-2-1-3-9-28)30-22(15)18(12-16)17-6-7-26-23-19(17)13-20(27-23)14-4-5-14/h6-7,10,12-14,21H,1-5,8-9,11H2,(H,26,27). The van der Waals surface area contributed by atoms with Crippen LogP contribution in [-0.2, 0) is 11.2 Å². The van der Waals surface area contributed by atoms with Gasteiger partial charge in [0.25, 0.3) is 5.91 Å². The van der Waals surface area contributed by atoms with Gasteiger partial charge in [0.05, 0.1) is 0 Å². The smallest absolute Gasteiger partial charge is 0.263 e. The van der Waals surface area contributed by atoms with Gasteiger partial charge < -0.3 is 14.6 Å². The molecule has 3 aliphatic rings. The average molecular weight is 422 g/mol. The van der Waals surface area contributed by atoms with E-state index in [4.69, 9.17) is 16.3 Å². The fraction of sp³-hybridized carbons (Fsp3) is 0.417. The monoisotopic (exact) mass is 421 g/mol. The molecule has 2 aliphatic heterocycles. The summed E-state index contributed by atoms with van der Waals surface area (Å²) in [5, 5.41) is 1.75. The number of pyridine rings is 1. The molecule has 1 amide bonds. The van der Waals surface area contributed by atoms with Crippen LogP contribution in [0.5, 0.6) is 5.75 Å². The van der Waals surface area contributed by atoms with Crippen molar-refractivity contribution in [1.29, 1.82) is 0 Å². The van der Waals surface area contributed by atoms with E-state index in [2.05, 4.69) is 16.0 Å². The molecule has 0 radical (unpaired) electrons. The second kappa shape index (κ2) is 7.02. The minimum atomic E-state index is -0.458. The van der Waals surface area contributed by atoms with E-state index < -0.39 is 6.10 Å². The van der Waals surface area contributed by atoms with Crippen LogP contribution in [0, 0.1) is 0 Å². The van der Waals surface area contributed by atoms with Gasteiger partial charge in [-0.2, -0.15) is 0 Å². The lowest BCUT2D eigenvalue weighted by molar-refractivity contribution is -0.138. The summed E-state index contributed by atoms with van der Waals surface area (Å²) >= 11 is 6.50. The maximum Gasteiger partial charge on any atom is 0.263 e. The van der Waals surface area contributed by atoms with E-state index in [9.17, 15) is 4.79 Å². The largest absolute Gasteiger partial charge is 0.479 e. The van der Waals surface area contributed by atoms with Crippen molar-refractivity contribution in [2.45, 2.75) is 50.5 Å². The molecule has 6 heteroatoms. The highest BCUT2D eigenvalue weighted by Gasteiger charge is 2.35. The van der Waals surface area contributed by atoms with Crippen LogP contribution >= 0.6 is 11.6 Å². The van der Waals surface area contributed by atoms with Crippen molar-refractivity contribution >= 4 is 28.5 Å². The van der Waals surface area contributed by atoms with Crippen LogP contribution in [0.1, 0.15) is 49.3 Å². The van der Waals surface area contributed by atoms with Crippen LogP contribution < -0.4 is 4.74 Å². The first kappa shape index (κ1) is 18.3. The molecule has 6 rings (SSSR count). The van der Waals surface area contributed by atoms with Crippen molar-refractivity contribution < 1.29 is 9.53 Å². The van der Waals surface area contributed by atoms with Crippen LogP contribution in [0.2, 0.25) is 5.02 Å². The summed E-state index contributed by atoms with van der Waals surface area (Å²) in [6.07, 6.45) is 7.77. The minimum Gasteiger partial charge on any atom is -0.479 e. The van der Waals surface area contributed by atoms with Gasteiger partial charge in [0, 0.05) is 52.9 Å². The van der Waals surface area contributed by atoms with E-state index in [1.807, 2.05) is 29.3 Å². The molecule has 1 aliphatic carbocycles. The summed E-state index contributed by atoms with van der Waals surface area (Å²) in [7, 11) is 0. The summed E-state index contributed by atoms with van der Waals surface area (Å²) in [5.74, 6) is 1.52. The molecule has 0 spiro atoms. The van der Waals surface area contributed by atoms with Gasteiger partial charge in [-0.25, -0.2) is 4.98 Å². The molecule has 2 aromatic heterocycles. The molecule has 1 N–H and O–H groups in total. The molecular formula is C24H24ClN3O2. The Labute approximate surface area is 180 Å². The van der Waals surface area contributed by atoms with Crippen LogP contribution in [0.25, 0.3) is 22.2 Å². The van der Waals surface area contributed by atoms with Crippen molar-refractivity contribution in [2.24, 2.45) is 0 Å². The Morgan fingerprint density at radius 2 is 1.97 bits per heavy atom. The highest BCUT2D eigenvalue weighted by atomic mass is 35.5. The fourth-order valence-corrected chi connectivity index (χ4v) is 5.12. The Morgan fingerprint density at radius 1 is 1.13 bits per heavy atom. The zero-order valence-electron chi connectivity index (χ0n) is 16.8. The number of carbonyl (C=O) groups is 1. The predicted molar refractivity (Wildman–Crippen MR) is 117 cm³/mol. The number of halogens is 1. The number of hydrogen-bond donors (Lipinski definition) is 1. The number of benzene rings is 1. The van der Waals surface area contributed by atoms with Crippen LogP contribution in [-0.4, -0.2) is 40.0 Å². The molecule has 2 fully saturated rings. The summed E-state index contributed by atoms with van der Waals surface area (Å²) < 4.78 is 6.30. The predicted octanol–water partition coefficient (Wildman–Crippen LogP) is 5.08. The third-order valence-corrected chi connectivity index (χ3v) is 6.82. The number of amides is 1. The molecule has 1 saturated heterocycles. The van der Waals surface area contributed by atoms with Crippen molar-refractivity contribution in [3.8, 4) is 16.9 Å². The quantitative estimate of drug-likeness (QED) is 0.641. The molecule has 154 valence electrons. The highest BCUT2D eigenvalue weighted by molar-refractivity contribution is 6.31. The van der Waals surface area contributed by atoms with Gasteiger partial charge in [-0.15, -0.1) is 0 Å². The summed E-state index contributed by atoms with van der Waals surface area (Å²) in [4.78, 5) is 23.0. The number of aromatic amines is 1. The summed E-state index contributed by atoms with van der Waals surface area (Å²) in [6, 6.07) is 8.12. The van der Waals surface area contributed by atoms with Crippen molar-refractivity contribution in [3.05, 3.63) is 46.7 Å². The molecule has 0 bridgehead atoms. The first-order valence-electron chi connectivity index (χ1n) is 10.9. The number of rotatable bonds is 3. The maximum absolute atomic E-state index is 13.1. The number of fused-ring (bicyclic) bond motifs is 2. The average Bonchev–Trinajstić information content (AvgIpc) is 3.38. The first-order chi connectivity index (χ1) is 14.7.